The van der Waals surface area contributed by atoms with Gasteiger partial charge >= 0.3 is 0 Å². The molecule has 0 spiro atoms. The van der Waals surface area contributed by atoms with Crippen LogP contribution in [-0.2, 0) is 10.0 Å². The van der Waals surface area contributed by atoms with Gasteiger partial charge in [-0.05, 0) is 24.6 Å². The molecule has 1 saturated heterocycles. The van der Waals surface area contributed by atoms with Crippen molar-refractivity contribution in [2.75, 3.05) is 36.8 Å². The zero-order chi connectivity index (χ0) is 23.9. The predicted octanol–water partition coefficient (Wildman–Crippen LogP) is 0.854. The Labute approximate surface area is 195 Å². The third-order valence-corrected chi connectivity index (χ3v) is 7.67. The molecule has 2 N–H and O–H groups in total. The number of nitrogen functional groups attached to an aromatic ring is 1. The van der Waals surface area contributed by atoms with Crippen LogP contribution in [0.15, 0.2) is 48.0 Å². The lowest BCUT2D eigenvalue weighted by molar-refractivity contribution is 0.383. The molecule has 0 aliphatic carbocycles. The second-order valence-corrected chi connectivity index (χ2v) is 9.67. The number of nitriles is 1. The van der Waals surface area contributed by atoms with E-state index in [9.17, 15) is 13.7 Å². The molecule has 0 bridgehead atoms. The standard InChI is InChI=1S/C21H20N10O2S/c1-14-2-3-15(10-16(14)18-12-26-21-19(23)27-13-28-31(18)21)34(32,33)30-8-6-29(7-9-30)20-17(11-22)24-4-5-25-20/h2-5,10,12-13H,6-9H2,1H3,(H2,23,27,28). The van der Waals surface area contributed by atoms with Crippen LogP contribution in [0.1, 0.15) is 11.3 Å². The summed E-state index contributed by atoms with van der Waals surface area (Å²) < 4.78 is 29.9. The Morgan fingerprint density at radius 2 is 1.82 bits per heavy atom. The molecule has 13 heteroatoms. The highest BCUT2D eigenvalue weighted by atomic mass is 32.2. The second kappa shape index (κ2) is 8.32. The highest BCUT2D eigenvalue weighted by Gasteiger charge is 2.30. The molecule has 0 atom stereocenters. The van der Waals surface area contributed by atoms with Crippen LogP contribution >= 0.6 is 0 Å². The van der Waals surface area contributed by atoms with Crippen molar-refractivity contribution in [3.05, 3.63) is 54.4 Å². The molecule has 1 fully saturated rings. The van der Waals surface area contributed by atoms with Crippen molar-refractivity contribution in [2.24, 2.45) is 0 Å². The number of benzene rings is 1. The largest absolute Gasteiger partial charge is 0.381 e. The molecule has 4 aromatic rings. The first-order chi connectivity index (χ1) is 16.4. The molecule has 0 amide bonds. The number of fused-ring (bicyclic) bond motifs is 1. The number of hydrogen-bond acceptors (Lipinski definition) is 10. The van der Waals surface area contributed by atoms with Gasteiger partial charge in [0.1, 0.15) is 12.4 Å². The molecule has 1 aromatic carbocycles. The minimum Gasteiger partial charge on any atom is -0.381 e. The lowest BCUT2D eigenvalue weighted by atomic mass is 10.1. The third kappa shape index (κ3) is 3.58. The lowest BCUT2D eigenvalue weighted by Gasteiger charge is -2.34. The molecule has 0 radical (unpaired) electrons. The Morgan fingerprint density at radius 1 is 1.06 bits per heavy atom. The zero-order valence-electron chi connectivity index (χ0n) is 18.2. The van der Waals surface area contributed by atoms with E-state index < -0.39 is 10.0 Å². The van der Waals surface area contributed by atoms with Crippen molar-refractivity contribution in [3.63, 3.8) is 0 Å². The first kappa shape index (κ1) is 21.7. The van der Waals surface area contributed by atoms with Crippen LogP contribution in [0.25, 0.3) is 16.9 Å². The van der Waals surface area contributed by atoms with E-state index in [2.05, 4.69) is 25.0 Å². The van der Waals surface area contributed by atoms with E-state index in [4.69, 9.17) is 5.73 Å². The first-order valence-electron chi connectivity index (χ1n) is 10.4. The molecule has 5 rings (SSSR count). The average Bonchev–Trinajstić information content (AvgIpc) is 3.29. The van der Waals surface area contributed by atoms with E-state index in [1.165, 1.54) is 23.0 Å². The monoisotopic (exact) mass is 476 g/mol. The second-order valence-electron chi connectivity index (χ2n) is 7.73. The highest BCUT2D eigenvalue weighted by Crippen LogP contribution is 2.29. The van der Waals surface area contributed by atoms with E-state index in [1.54, 1.807) is 28.9 Å². The van der Waals surface area contributed by atoms with Crippen LogP contribution in [0.3, 0.4) is 0 Å². The molecule has 0 unspecified atom stereocenters. The van der Waals surface area contributed by atoms with Gasteiger partial charge in [0.15, 0.2) is 23.0 Å². The average molecular weight is 477 g/mol. The predicted molar refractivity (Wildman–Crippen MR) is 123 cm³/mol. The molecule has 34 heavy (non-hydrogen) atoms. The van der Waals surface area contributed by atoms with Crippen LogP contribution in [-0.4, -0.2) is 68.5 Å². The van der Waals surface area contributed by atoms with Crippen molar-refractivity contribution in [3.8, 4) is 17.3 Å². The van der Waals surface area contributed by atoms with Crippen molar-refractivity contribution < 1.29 is 8.42 Å². The van der Waals surface area contributed by atoms with Crippen molar-refractivity contribution in [1.29, 1.82) is 5.26 Å². The Morgan fingerprint density at radius 3 is 2.59 bits per heavy atom. The zero-order valence-corrected chi connectivity index (χ0v) is 19.0. The van der Waals surface area contributed by atoms with Crippen LogP contribution in [0, 0.1) is 18.3 Å². The summed E-state index contributed by atoms with van der Waals surface area (Å²) in [5, 5.41) is 13.5. The summed E-state index contributed by atoms with van der Waals surface area (Å²) in [4.78, 5) is 18.6. The summed E-state index contributed by atoms with van der Waals surface area (Å²) >= 11 is 0. The number of nitrogens with two attached hydrogens (primary N) is 1. The molecular formula is C21H20N10O2S. The number of piperazine rings is 1. The van der Waals surface area contributed by atoms with Gasteiger partial charge in [-0.25, -0.2) is 32.9 Å². The molecule has 172 valence electrons. The van der Waals surface area contributed by atoms with Crippen LogP contribution in [0.2, 0.25) is 0 Å². The molecule has 1 aliphatic heterocycles. The van der Waals surface area contributed by atoms with Gasteiger partial charge in [-0.2, -0.15) is 14.7 Å². The Balaban J connectivity index is 1.43. The minimum absolute atomic E-state index is 0.177. The summed E-state index contributed by atoms with van der Waals surface area (Å²) in [7, 11) is -3.76. The summed E-state index contributed by atoms with van der Waals surface area (Å²) in [6.07, 6.45) is 5.91. The number of nitrogens with zero attached hydrogens (tertiary/aromatic N) is 9. The molecule has 12 nitrogen and oxygen atoms in total. The fraction of sp³-hybridized carbons (Fsp3) is 0.238. The number of hydrogen-bond donors (Lipinski definition) is 1. The molecular weight excluding hydrogens is 456 g/mol. The van der Waals surface area contributed by atoms with Crippen molar-refractivity contribution in [1.82, 2.24) is 33.9 Å². The number of aryl methyl sites for hydroxylation is 1. The van der Waals surface area contributed by atoms with Crippen LogP contribution in [0.4, 0.5) is 11.6 Å². The lowest BCUT2D eigenvalue weighted by Crippen LogP contribution is -2.49. The maximum Gasteiger partial charge on any atom is 0.243 e. The maximum absolute atomic E-state index is 13.5. The summed E-state index contributed by atoms with van der Waals surface area (Å²) in [5.41, 5.74) is 8.69. The van der Waals surface area contributed by atoms with Gasteiger partial charge in [-0.1, -0.05) is 6.07 Å². The summed E-state index contributed by atoms with van der Waals surface area (Å²) in [5.74, 6) is 0.705. The summed E-state index contributed by atoms with van der Waals surface area (Å²) in [6.45, 7) is 3.20. The van der Waals surface area contributed by atoms with Crippen molar-refractivity contribution >= 4 is 27.3 Å². The minimum atomic E-state index is -3.76. The van der Waals surface area contributed by atoms with Gasteiger partial charge in [-0.15, -0.1) is 0 Å². The van der Waals surface area contributed by atoms with Crippen molar-refractivity contribution in [2.45, 2.75) is 11.8 Å². The van der Waals surface area contributed by atoms with E-state index in [-0.39, 0.29) is 29.5 Å². The Bertz CT molecular complexity index is 1530. The first-order valence-corrected chi connectivity index (χ1v) is 11.9. The number of rotatable bonds is 4. The van der Waals surface area contributed by atoms with Gasteiger partial charge in [0.25, 0.3) is 0 Å². The number of aromatic nitrogens is 6. The fourth-order valence-corrected chi connectivity index (χ4v) is 5.44. The molecule has 4 heterocycles. The molecule has 3 aromatic heterocycles. The van der Waals surface area contributed by atoms with Gasteiger partial charge < -0.3 is 10.6 Å². The topological polar surface area (TPSA) is 159 Å². The summed E-state index contributed by atoms with van der Waals surface area (Å²) in [6, 6.07) is 7.03. The highest BCUT2D eigenvalue weighted by molar-refractivity contribution is 7.89. The fourth-order valence-electron chi connectivity index (χ4n) is 3.99. The van der Waals surface area contributed by atoms with E-state index in [1.807, 2.05) is 17.9 Å². The van der Waals surface area contributed by atoms with Gasteiger partial charge in [0, 0.05) is 44.1 Å². The molecule has 0 saturated carbocycles. The Hall–Kier alpha value is -4.15. The normalized spacial score (nSPS) is 14.9. The SMILES string of the molecule is Cc1ccc(S(=O)(=O)N2CCN(c3nccnc3C#N)CC2)cc1-c1cnc2c(N)ncnn12. The third-order valence-electron chi connectivity index (χ3n) is 5.78. The quantitative estimate of drug-likeness (QED) is 0.447. The van der Waals surface area contributed by atoms with E-state index in [0.717, 1.165) is 5.56 Å². The molecule has 1 aliphatic rings. The van der Waals surface area contributed by atoms with E-state index >= 15 is 0 Å². The number of imidazole rings is 1. The maximum atomic E-state index is 13.5. The Kier molecular flexibility index (Phi) is 5.31. The van der Waals surface area contributed by atoms with Gasteiger partial charge in [0.05, 0.1) is 16.8 Å². The number of anilines is 2. The van der Waals surface area contributed by atoms with Crippen LogP contribution < -0.4 is 10.6 Å². The smallest absolute Gasteiger partial charge is 0.243 e. The van der Waals surface area contributed by atoms with Gasteiger partial charge in [-0.3, -0.25) is 0 Å². The van der Waals surface area contributed by atoms with Crippen LogP contribution in [0.5, 0.6) is 0 Å². The van der Waals surface area contributed by atoms with E-state index in [0.29, 0.717) is 35.8 Å². The van der Waals surface area contributed by atoms with Gasteiger partial charge in [0.2, 0.25) is 10.0 Å². The number of sulfonamides is 1.